The van der Waals surface area contributed by atoms with E-state index >= 15 is 0 Å². The smallest absolute Gasteiger partial charge is 0.212 e. The zero-order valence-corrected chi connectivity index (χ0v) is 20.1. The molecule has 0 amide bonds. The van der Waals surface area contributed by atoms with Gasteiger partial charge in [-0.15, -0.1) is 0 Å². The second-order valence-electron chi connectivity index (χ2n) is 8.68. The minimum absolute atomic E-state index is 0.0778. The molecule has 1 aromatic carbocycles. The number of para-hydroxylation sites is 1. The van der Waals surface area contributed by atoms with E-state index in [-0.39, 0.29) is 24.9 Å². The Morgan fingerprint density at radius 1 is 1.24 bits per heavy atom. The van der Waals surface area contributed by atoms with Crippen molar-refractivity contribution in [1.82, 2.24) is 19.6 Å². The molecule has 4 rings (SSSR count). The lowest BCUT2D eigenvalue weighted by molar-refractivity contribution is 0.0922. The van der Waals surface area contributed by atoms with Crippen LogP contribution in [0.3, 0.4) is 0 Å². The van der Waals surface area contributed by atoms with E-state index in [0.29, 0.717) is 11.5 Å². The van der Waals surface area contributed by atoms with E-state index < -0.39 is 22.2 Å². The third kappa shape index (κ3) is 4.87. The number of aromatic amines is 1. The Morgan fingerprint density at radius 3 is 2.70 bits per heavy atom. The van der Waals surface area contributed by atoms with Gasteiger partial charge in [-0.05, 0) is 38.1 Å². The maximum Gasteiger partial charge on any atom is 0.212 e. The predicted molar refractivity (Wildman–Crippen MR) is 131 cm³/mol. The van der Waals surface area contributed by atoms with Gasteiger partial charge in [0, 0.05) is 43.3 Å². The van der Waals surface area contributed by atoms with Crippen LogP contribution in [0.2, 0.25) is 0 Å². The first-order valence-corrected chi connectivity index (χ1v) is 12.8. The summed E-state index contributed by atoms with van der Waals surface area (Å²) in [5.41, 5.74) is 2.21. The summed E-state index contributed by atoms with van der Waals surface area (Å²) in [5.74, 6) is 0.536. The molecule has 1 fully saturated rings. The summed E-state index contributed by atoms with van der Waals surface area (Å²) in [6.07, 6.45) is 2.32. The highest BCUT2D eigenvalue weighted by Crippen LogP contribution is 2.29. The minimum atomic E-state index is -3.47. The van der Waals surface area contributed by atoms with Crippen molar-refractivity contribution < 1.29 is 13.2 Å². The summed E-state index contributed by atoms with van der Waals surface area (Å²) >= 11 is 0. The molecule has 1 aliphatic rings. The molecule has 2 aromatic heterocycles. The third-order valence-corrected chi connectivity index (χ3v) is 7.13. The summed E-state index contributed by atoms with van der Waals surface area (Å²) in [4.78, 5) is 23.1. The quantitative estimate of drug-likeness (QED) is 0.454. The number of carbonyl (C=O) groups is 1. The second-order valence-corrected chi connectivity index (χ2v) is 10.7. The lowest BCUT2D eigenvalue weighted by Gasteiger charge is -2.44. The van der Waals surface area contributed by atoms with Crippen LogP contribution in [0.15, 0.2) is 48.7 Å². The number of sulfonamides is 1. The molecule has 2 atom stereocenters. The van der Waals surface area contributed by atoms with Crippen molar-refractivity contribution in [3.05, 3.63) is 54.4 Å². The molecule has 0 bridgehead atoms. The van der Waals surface area contributed by atoms with Crippen LogP contribution >= 0.6 is 0 Å². The van der Waals surface area contributed by atoms with Crippen molar-refractivity contribution in [3.8, 4) is 0 Å². The van der Waals surface area contributed by atoms with Crippen molar-refractivity contribution in [2.24, 2.45) is 0 Å². The number of nitrogens with zero attached hydrogens (tertiary/aromatic N) is 3. The molecule has 176 valence electrons. The fourth-order valence-electron chi connectivity index (χ4n) is 4.13. The lowest BCUT2D eigenvalue weighted by Crippen LogP contribution is -2.64. The van der Waals surface area contributed by atoms with Gasteiger partial charge < -0.3 is 20.5 Å². The summed E-state index contributed by atoms with van der Waals surface area (Å²) in [7, 11) is -1.93. The van der Waals surface area contributed by atoms with Crippen LogP contribution in [-0.4, -0.2) is 73.1 Å². The van der Waals surface area contributed by atoms with Crippen LogP contribution < -0.4 is 15.5 Å². The molecule has 3 N–H and O–H groups in total. The van der Waals surface area contributed by atoms with Crippen LogP contribution in [0.5, 0.6) is 0 Å². The van der Waals surface area contributed by atoms with Gasteiger partial charge in [0.25, 0.3) is 0 Å². The zero-order chi connectivity index (χ0) is 23.8. The highest BCUT2D eigenvalue weighted by molar-refractivity contribution is 7.88. The topological polar surface area (TPSA) is 110 Å². The van der Waals surface area contributed by atoms with E-state index in [4.69, 9.17) is 0 Å². The van der Waals surface area contributed by atoms with Gasteiger partial charge in [0.15, 0.2) is 11.6 Å². The Labute approximate surface area is 194 Å². The normalized spacial score (nSPS) is 19.4. The molecule has 0 aliphatic carbocycles. The van der Waals surface area contributed by atoms with Crippen LogP contribution in [0.4, 0.5) is 11.5 Å². The number of benzene rings is 1. The standard InChI is InChI=1S/C23H30N6O3S/c1-15(2)26-18-10-7-11-24-23(18)29-14-20(25-13-21(29)28(3)33(4,31)32)22(30)19-12-16-8-5-6-9-17(16)27-19/h5-12,15,20-21,25-27H,13-14H2,1-4H3. The summed E-state index contributed by atoms with van der Waals surface area (Å²) < 4.78 is 26.1. The molecule has 0 radical (unpaired) electrons. The number of hydrogen-bond donors (Lipinski definition) is 3. The first-order chi connectivity index (χ1) is 15.6. The van der Waals surface area contributed by atoms with Gasteiger partial charge in [-0.2, -0.15) is 4.31 Å². The molecular weight excluding hydrogens is 440 g/mol. The number of rotatable bonds is 7. The molecule has 33 heavy (non-hydrogen) atoms. The Hall–Kier alpha value is -2.95. The average molecular weight is 471 g/mol. The number of H-pyrrole nitrogens is 1. The van der Waals surface area contributed by atoms with Crippen LogP contribution in [0.25, 0.3) is 10.9 Å². The third-order valence-electron chi connectivity index (χ3n) is 5.84. The molecule has 3 heterocycles. The van der Waals surface area contributed by atoms with Gasteiger partial charge in [-0.1, -0.05) is 18.2 Å². The Balaban J connectivity index is 1.69. The summed E-state index contributed by atoms with van der Waals surface area (Å²) in [6, 6.07) is 13.0. The van der Waals surface area contributed by atoms with E-state index in [9.17, 15) is 13.2 Å². The van der Waals surface area contributed by atoms with Gasteiger partial charge in [-0.25, -0.2) is 13.4 Å². The van der Waals surface area contributed by atoms with Crippen LogP contribution in [-0.2, 0) is 10.0 Å². The van der Waals surface area contributed by atoms with E-state index in [1.54, 1.807) is 13.2 Å². The van der Waals surface area contributed by atoms with Gasteiger partial charge >= 0.3 is 0 Å². The number of anilines is 2. The highest BCUT2D eigenvalue weighted by Gasteiger charge is 2.38. The predicted octanol–water partition coefficient (Wildman–Crippen LogP) is 2.26. The zero-order valence-electron chi connectivity index (χ0n) is 19.2. The maximum atomic E-state index is 13.4. The van der Waals surface area contributed by atoms with Gasteiger partial charge in [0.05, 0.1) is 23.7 Å². The number of pyridine rings is 1. The number of fused-ring (bicyclic) bond motifs is 1. The lowest BCUT2D eigenvalue weighted by atomic mass is 10.1. The van der Waals surface area contributed by atoms with Gasteiger partial charge in [0.1, 0.15) is 6.17 Å². The molecule has 10 heteroatoms. The van der Waals surface area contributed by atoms with Crippen LogP contribution in [0.1, 0.15) is 24.3 Å². The maximum absolute atomic E-state index is 13.4. The van der Waals surface area contributed by atoms with Crippen LogP contribution in [0, 0.1) is 0 Å². The van der Waals surface area contributed by atoms with Crippen molar-refractivity contribution in [3.63, 3.8) is 0 Å². The number of aromatic nitrogens is 2. The van der Waals surface area contributed by atoms with Crippen molar-refractivity contribution in [1.29, 1.82) is 0 Å². The number of nitrogens with one attached hydrogen (secondary N) is 3. The highest BCUT2D eigenvalue weighted by atomic mass is 32.2. The molecular formula is C23H30N6O3S. The largest absolute Gasteiger partial charge is 0.380 e. The monoisotopic (exact) mass is 470 g/mol. The van der Waals surface area contributed by atoms with Gasteiger partial charge in [-0.3, -0.25) is 4.79 Å². The van der Waals surface area contributed by atoms with Crippen molar-refractivity contribution >= 4 is 38.2 Å². The average Bonchev–Trinajstić information content (AvgIpc) is 3.21. The molecule has 0 saturated carbocycles. The Morgan fingerprint density at radius 2 is 2.00 bits per heavy atom. The molecule has 3 aromatic rings. The number of hydrogen-bond acceptors (Lipinski definition) is 7. The summed E-state index contributed by atoms with van der Waals surface area (Å²) in [5, 5.41) is 7.61. The SMILES string of the molecule is CC(C)Nc1cccnc1N1CC(C(=O)c2cc3ccccc3[nH]2)NCC1N(C)S(C)(=O)=O. The molecule has 0 spiro atoms. The van der Waals surface area contributed by atoms with Crippen molar-refractivity contribution in [2.45, 2.75) is 32.1 Å². The number of piperazine rings is 1. The molecule has 1 aliphatic heterocycles. The van der Waals surface area contributed by atoms with Gasteiger partial charge in [0.2, 0.25) is 10.0 Å². The number of Topliss-reactive ketones (excluding diaryl/α,β-unsaturated/α-hetero) is 1. The summed E-state index contributed by atoms with van der Waals surface area (Å²) in [6.45, 7) is 4.59. The first kappa shape index (κ1) is 23.2. The number of carbonyl (C=O) groups excluding carboxylic acids is 1. The molecule has 1 saturated heterocycles. The minimum Gasteiger partial charge on any atom is -0.380 e. The Kier molecular flexibility index (Phi) is 6.42. The first-order valence-electron chi connectivity index (χ1n) is 10.9. The second kappa shape index (κ2) is 9.12. The van der Waals surface area contributed by atoms with E-state index in [1.165, 1.54) is 10.6 Å². The molecule has 2 unspecified atom stereocenters. The van der Waals surface area contributed by atoms with Crippen molar-refractivity contribution in [2.75, 3.05) is 36.6 Å². The van der Waals surface area contributed by atoms with E-state index in [2.05, 4.69) is 20.6 Å². The van der Waals surface area contributed by atoms with E-state index in [0.717, 1.165) is 16.6 Å². The number of likely N-dealkylation sites (N-methyl/N-ethyl adjacent to an activating group) is 1. The number of ketones is 1. The molecule has 9 nitrogen and oxygen atoms in total. The fourth-order valence-corrected chi connectivity index (χ4v) is 4.76. The van der Waals surface area contributed by atoms with E-state index in [1.807, 2.05) is 61.2 Å². The fraction of sp³-hybridized carbons (Fsp3) is 0.391. The Bertz CT molecular complexity index is 1220.